The smallest absolute Gasteiger partial charge is 0.223 e. The molecule has 21 heavy (non-hydrogen) atoms. The highest BCUT2D eigenvalue weighted by molar-refractivity contribution is 7.99. The van der Waals surface area contributed by atoms with E-state index >= 15 is 0 Å². The molecule has 1 spiro atoms. The van der Waals surface area contributed by atoms with Gasteiger partial charge in [0, 0.05) is 44.5 Å². The van der Waals surface area contributed by atoms with E-state index in [4.69, 9.17) is 4.74 Å². The van der Waals surface area contributed by atoms with E-state index in [0.717, 1.165) is 44.8 Å². The largest absolute Gasteiger partial charge is 0.374 e. The minimum absolute atomic E-state index is 0.136. The Balaban J connectivity index is 1.37. The third-order valence-electron chi connectivity index (χ3n) is 5.04. The molecule has 0 aliphatic carbocycles. The number of piperidine rings is 1. The number of carbonyl (C=O) groups is 1. The molecule has 0 bridgehead atoms. The molecule has 2 atom stereocenters. The summed E-state index contributed by atoms with van der Waals surface area (Å²) in [7, 11) is 0. The second-order valence-electron chi connectivity index (χ2n) is 6.67. The molecular weight excluding hydrogens is 284 g/mol. The van der Waals surface area contributed by atoms with Crippen LogP contribution in [0.1, 0.15) is 44.9 Å². The van der Waals surface area contributed by atoms with E-state index < -0.39 is 0 Å². The first-order valence-electron chi connectivity index (χ1n) is 8.50. The lowest BCUT2D eigenvalue weighted by Crippen LogP contribution is -2.48. The Bertz CT molecular complexity index is 352. The van der Waals surface area contributed by atoms with Crippen LogP contribution in [-0.4, -0.2) is 60.2 Å². The fourth-order valence-electron chi connectivity index (χ4n) is 3.75. The van der Waals surface area contributed by atoms with Gasteiger partial charge < -0.3 is 15.0 Å². The van der Waals surface area contributed by atoms with Gasteiger partial charge in [-0.15, -0.1) is 0 Å². The summed E-state index contributed by atoms with van der Waals surface area (Å²) in [6.45, 7) is 3.63. The number of ether oxygens (including phenoxy) is 1. The second kappa shape index (κ2) is 7.34. The highest BCUT2D eigenvalue weighted by Gasteiger charge is 2.40. The topological polar surface area (TPSA) is 41.6 Å². The molecule has 0 aromatic rings. The highest BCUT2D eigenvalue weighted by Crippen LogP contribution is 2.38. The van der Waals surface area contributed by atoms with Crippen LogP contribution in [0.15, 0.2) is 0 Å². The van der Waals surface area contributed by atoms with Crippen LogP contribution in [0.5, 0.6) is 0 Å². The average molecular weight is 312 g/mol. The van der Waals surface area contributed by atoms with Gasteiger partial charge in [-0.25, -0.2) is 0 Å². The zero-order valence-electron chi connectivity index (χ0n) is 12.9. The number of carbonyl (C=O) groups excluding carboxylic acids is 1. The van der Waals surface area contributed by atoms with E-state index in [9.17, 15) is 4.79 Å². The van der Waals surface area contributed by atoms with E-state index in [2.05, 4.69) is 5.32 Å². The van der Waals surface area contributed by atoms with Crippen molar-refractivity contribution in [2.45, 2.75) is 56.6 Å². The summed E-state index contributed by atoms with van der Waals surface area (Å²) in [6.07, 6.45) is 7.70. The van der Waals surface area contributed by atoms with Gasteiger partial charge in [0.05, 0.1) is 5.60 Å². The summed E-state index contributed by atoms with van der Waals surface area (Å²) in [5.74, 6) is 2.72. The van der Waals surface area contributed by atoms with E-state index in [0.29, 0.717) is 18.4 Å². The van der Waals surface area contributed by atoms with Gasteiger partial charge in [0.2, 0.25) is 5.91 Å². The van der Waals surface area contributed by atoms with Gasteiger partial charge >= 0.3 is 0 Å². The van der Waals surface area contributed by atoms with E-state index in [1.54, 1.807) is 0 Å². The minimum atomic E-state index is 0.136. The first-order valence-corrected chi connectivity index (χ1v) is 9.66. The fourth-order valence-corrected chi connectivity index (χ4v) is 5.13. The standard InChI is InChI=1S/C16H28N2O2S/c19-15(18-8-2-1-3-9-18)4-7-17-14-5-10-20-16(12-14)6-11-21-13-16/h14,17H,1-13H2. The summed E-state index contributed by atoms with van der Waals surface area (Å²) in [6, 6.07) is 0.534. The Morgan fingerprint density at radius 2 is 2.19 bits per heavy atom. The third-order valence-corrected chi connectivity index (χ3v) is 6.26. The molecule has 3 aliphatic rings. The maximum Gasteiger partial charge on any atom is 0.223 e. The van der Waals surface area contributed by atoms with Crippen molar-refractivity contribution in [2.75, 3.05) is 37.7 Å². The van der Waals surface area contributed by atoms with Crippen LogP contribution in [0.2, 0.25) is 0 Å². The van der Waals surface area contributed by atoms with Crippen molar-refractivity contribution in [3.05, 3.63) is 0 Å². The third kappa shape index (κ3) is 4.14. The van der Waals surface area contributed by atoms with Gasteiger partial charge in [0.1, 0.15) is 0 Å². The van der Waals surface area contributed by atoms with Crippen LogP contribution in [0, 0.1) is 0 Å². The average Bonchev–Trinajstić information content (AvgIpc) is 2.96. The summed E-state index contributed by atoms with van der Waals surface area (Å²) >= 11 is 2.02. The van der Waals surface area contributed by atoms with Crippen molar-refractivity contribution in [1.82, 2.24) is 10.2 Å². The Labute approximate surface area is 132 Å². The predicted molar refractivity (Wildman–Crippen MR) is 86.7 cm³/mol. The molecule has 4 nitrogen and oxygen atoms in total. The number of nitrogens with one attached hydrogen (secondary N) is 1. The number of hydrogen-bond donors (Lipinski definition) is 1. The molecule has 1 amide bonds. The van der Waals surface area contributed by atoms with Crippen molar-refractivity contribution < 1.29 is 9.53 Å². The number of likely N-dealkylation sites (tertiary alicyclic amines) is 1. The minimum Gasteiger partial charge on any atom is -0.374 e. The highest BCUT2D eigenvalue weighted by atomic mass is 32.2. The lowest BCUT2D eigenvalue weighted by Gasteiger charge is -2.38. The number of amides is 1. The molecule has 3 fully saturated rings. The zero-order valence-corrected chi connectivity index (χ0v) is 13.8. The maximum absolute atomic E-state index is 12.1. The molecule has 2 unspecified atom stereocenters. The van der Waals surface area contributed by atoms with Crippen LogP contribution in [-0.2, 0) is 9.53 Å². The SMILES string of the molecule is O=C(CCNC1CCOC2(CCSC2)C1)N1CCCCC1. The summed E-state index contributed by atoms with van der Waals surface area (Å²) in [5.41, 5.74) is 0.136. The first kappa shape index (κ1) is 15.6. The van der Waals surface area contributed by atoms with Crippen molar-refractivity contribution in [3.8, 4) is 0 Å². The number of nitrogens with zero attached hydrogens (tertiary/aromatic N) is 1. The van der Waals surface area contributed by atoms with Gasteiger partial charge in [0.25, 0.3) is 0 Å². The summed E-state index contributed by atoms with van der Waals surface area (Å²) in [5, 5.41) is 3.61. The summed E-state index contributed by atoms with van der Waals surface area (Å²) in [4.78, 5) is 14.2. The number of hydrogen-bond acceptors (Lipinski definition) is 4. The van der Waals surface area contributed by atoms with E-state index in [1.165, 1.54) is 31.4 Å². The first-order chi connectivity index (χ1) is 10.3. The lowest BCUT2D eigenvalue weighted by molar-refractivity contribution is -0.132. The predicted octanol–water partition coefficient (Wildman–Crippen LogP) is 2.03. The van der Waals surface area contributed by atoms with Crippen LogP contribution < -0.4 is 5.32 Å². The molecule has 3 aliphatic heterocycles. The molecule has 0 aromatic heterocycles. The fraction of sp³-hybridized carbons (Fsp3) is 0.938. The van der Waals surface area contributed by atoms with Crippen LogP contribution in [0.3, 0.4) is 0 Å². The van der Waals surface area contributed by atoms with Gasteiger partial charge in [-0.3, -0.25) is 4.79 Å². The second-order valence-corrected chi connectivity index (χ2v) is 7.77. The molecular formula is C16H28N2O2S. The molecule has 0 radical (unpaired) electrons. The van der Waals surface area contributed by atoms with Gasteiger partial charge in [0.15, 0.2) is 0 Å². The Kier molecular flexibility index (Phi) is 5.46. The van der Waals surface area contributed by atoms with E-state index in [1.807, 2.05) is 16.7 Å². The Morgan fingerprint density at radius 1 is 1.33 bits per heavy atom. The van der Waals surface area contributed by atoms with Gasteiger partial charge in [-0.2, -0.15) is 11.8 Å². The van der Waals surface area contributed by atoms with Crippen LogP contribution >= 0.6 is 11.8 Å². The summed E-state index contributed by atoms with van der Waals surface area (Å²) < 4.78 is 6.04. The number of thioether (sulfide) groups is 1. The molecule has 0 saturated carbocycles. The normalized spacial score (nSPS) is 33.5. The monoisotopic (exact) mass is 312 g/mol. The maximum atomic E-state index is 12.1. The Morgan fingerprint density at radius 3 is 2.95 bits per heavy atom. The van der Waals surface area contributed by atoms with Crippen molar-refractivity contribution in [3.63, 3.8) is 0 Å². The quantitative estimate of drug-likeness (QED) is 0.862. The number of rotatable bonds is 4. The lowest BCUT2D eigenvalue weighted by atomic mass is 9.90. The van der Waals surface area contributed by atoms with E-state index in [-0.39, 0.29) is 5.60 Å². The molecule has 3 saturated heterocycles. The molecule has 1 N–H and O–H groups in total. The van der Waals surface area contributed by atoms with Crippen molar-refractivity contribution in [2.24, 2.45) is 0 Å². The van der Waals surface area contributed by atoms with Crippen LogP contribution in [0.4, 0.5) is 0 Å². The molecule has 3 rings (SSSR count). The Hall–Kier alpha value is -0.260. The van der Waals surface area contributed by atoms with Crippen molar-refractivity contribution in [1.29, 1.82) is 0 Å². The van der Waals surface area contributed by atoms with Crippen molar-refractivity contribution >= 4 is 17.7 Å². The molecule has 3 heterocycles. The van der Waals surface area contributed by atoms with Gasteiger partial charge in [-0.05, 0) is 44.3 Å². The van der Waals surface area contributed by atoms with Gasteiger partial charge in [-0.1, -0.05) is 0 Å². The molecule has 120 valence electrons. The van der Waals surface area contributed by atoms with Crippen LogP contribution in [0.25, 0.3) is 0 Å². The molecule has 5 heteroatoms. The molecule has 0 aromatic carbocycles. The zero-order chi connectivity index (χ0) is 14.5.